The number of aromatic nitrogens is 1. The van der Waals surface area contributed by atoms with E-state index in [4.69, 9.17) is 4.74 Å². The van der Waals surface area contributed by atoms with Gasteiger partial charge in [-0.2, -0.15) is 0 Å². The van der Waals surface area contributed by atoms with Crippen LogP contribution < -0.4 is 0 Å². The van der Waals surface area contributed by atoms with E-state index >= 15 is 0 Å². The number of rotatable bonds is 4. The highest BCUT2D eigenvalue weighted by molar-refractivity contribution is 6.41. The molecule has 1 aromatic heterocycles. The van der Waals surface area contributed by atoms with Crippen LogP contribution in [-0.2, 0) is 4.74 Å². The van der Waals surface area contributed by atoms with Gasteiger partial charge in [0.2, 0.25) is 0 Å². The van der Waals surface area contributed by atoms with Crippen LogP contribution in [0.25, 0.3) is 11.8 Å². The average molecular weight is 399 g/mol. The Bertz CT molecular complexity index is 1190. The van der Waals surface area contributed by atoms with Crippen LogP contribution >= 0.6 is 0 Å². The summed E-state index contributed by atoms with van der Waals surface area (Å²) in [7, 11) is 0. The highest BCUT2D eigenvalue weighted by atomic mass is 16.5. The molecule has 3 aromatic rings. The fourth-order valence-electron chi connectivity index (χ4n) is 3.88. The molecular formula is C25H21NO4. The SMILES string of the molecule is CCOC(=O)c1cccc(-n2c(C)cc(C=C3C(=O)c4ccccc4C3=O)c2C)c1. The largest absolute Gasteiger partial charge is 0.462 e. The molecule has 0 spiro atoms. The minimum atomic E-state index is -0.371. The maximum atomic E-state index is 12.7. The standard InChI is InChI=1S/C25H21NO4/c1-4-30-25(29)17-8-7-9-19(13-17)26-15(2)12-18(16(26)3)14-22-23(27)20-10-5-6-11-21(20)24(22)28/h5-14H,4H2,1-3H3. The molecule has 0 atom stereocenters. The van der Waals surface area contributed by atoms with Crippen molar-refractivity contribution in [2.75, 3.05) is 6.61 Å². The smallest absolute Gasteiger partial charge is 0.338 e. The quantitative estimate of drug-likeness (QED) is 0.361. The van der Waals surface area contributed by atoms with Crippen LogP contribution in [0.5, 0.6) is 0 Å². The van der Waals surface area contributed by atoms with Gasteiger partial charge < -0.3 is 9.30 Å². The monoisotopic (exact) mass is 399 g/mol. The number of aryl methyl sites for hydroxylation is 1. The van der Waals surface area contributed by atoms with Gasteiger partial charge in [0.25, 0.3) is 0 Å². The summed E-state index contributed by atoms with van der Waals surface area (Å²) in [6.45, 7) is 5.95. The molecule has 0 saturated carbocycles. The lowest BCUT2D eigenvalue weighted by molar-refractivity contribution is 0.0526. The predicted molar refractivity (Wildman–Crippen MR) is 114 cm³/mol. The van der Waals surface area contributed by atoms with Gasteiger partial charge in [-0.05, 0) is 56.7 Å². The molecule has 0 fully saturated rings. The number of ketones is 2. The second-order valence-electron chi connectivity index (χ2n) is 7.19. The Morgan fingerprint density at radius 2 is 1.63 bits per heavy atom. The molecule has 150 valence electrons. The number of carbonyl (C=O) groups is 3. The number of carbonyl (C=O) groups excluding carboxylic acids is 3. The van der Waals surface area contributed by atoms with Gasteiger partial charge in [-0.15, -0.1) is 0 Å². The zero-order chi connectivity index (χ0) is 21.4. The summed E-state index contributed by atoms with van der Waals surface area (Å²) in [6, 6.07) is 16.0. The molecular weight excluding hydrogens is 378 g/mol. The van der Waals surface area contributed by atoms with Gasteiger partial charge in [-0.1, -0.05) is 30.3 Å². The number of fused-ring (bicyclic) bond motifs is 1. The van der Waals surface area contributed by atoms with Crippen LogP contribution in [0.4, 0.5) is 0 Å². The molecule has 30 heavy (non-hydrogen) atoms. The molecule has 0 amide bonds. The zero-order valence-electron chi connectivity index (χ0n) is 17.1. The van der Waals surface area contributed by atoms with Crippen LogP contribution in [0.15, 0.2) is 60.2 Å². The maximum Gasteiger partial charge on any atom is 0.338 e. The second-order valence-corrected chi connectivity index (χ2v) is 7.19. The van der Waals surface area contributed by atoms with E-state index in [0.717, 1.165) is 22.6 Å². The lowest BCUT2D eigenvalue weighted by Gasteiger charge is -2.11. The second kappa shape index (κ2) is 7.59. The van der Waals surface area contributed by atoms with Crippen molar-refractivity contribution in [1.29, 1.82) is 0 Å². The van der Waals surface area contributed by atoms with Crippen molar-refractivity contribution in [3.8, 4) is 5.69 Å². The molecule has 2 aromatic carbocycles. The molecule has 0 aliphatic heterocycles. The fraction of sp³-hybridized carbons (Fsp3) is 0.160. The third-order valence-electron chi connectivity index (χ3n) is 5.29. The van der Waals surface area contributed by atoms with Gasteiger partial charge in [0.05, 0.1) is 17.7 Å². The normalized spacial score (nSPS) is 12.8. The predicted octanol–water partition coefficient (Wildman–Crippen LogP) is 4.73. The van der Waals surface area contributed by atoms with E-state index in [9.17, 15) is 14.4 Å². The minimum absolute atomic E-state index is 0.178. The van der Waals surface area contributed by atoms with Gasteiger partial charge >= 0.3 is 5.97 Å². The van der Waals surface area contributed by atoms with Crippen LogP contribution in [0.2, 0.25) is 0 Å². The summed E-state index contributed by atoms with van der Waals surface area (Å²) in [5.41, 5.74) is 4.95. The molecule has 5 heteroatoms. The molecule has 0 unspecified atom stereocenters. The molecule has 4 rings (SSSR count). The zero-order valence-corrected chi connectivity index (χ0v) is 17.1. The summed E-state index contributed by atoms with van der Waals surface area (Å²) < 4.78 is 7.09. The van der Waals surface area contributed by atoms with E-state index in [0.29, 0.717) is 23.3 Å². The van der Waals surface area contributed by atoms with Crippen molar-refractivity contribution in [2.24, 2.45) is 0 Å². The summed E-state index contributed by atoms with van der Waals surface area (Å²) >= 11 is 0. The van der Waals surface area contributed by atoms with Crippen LogP contribution in [-0.4, -0.2) is 28.7 Å². The molecule has 0 saturated heterocycles. The summed E-state index contributed by atoms with van der Waals surface area (Å²) in [5.74, 6) is -0.863. The lowest BCUT2D eigenvalue weighted by atomic mass is 10.1. The van der Waals surface area contributed by atoms with Gasteiger partial charge in [-0.25, -0.2) is 4.79 Å². The molecule has 1 aliphatic carbocycles. The first-order chi connectivity index (χ1) is 14.4. The Morgan fingerprint density at radius 3 is 2.27 bits per heavy atom. The number of esters is 1. The third kappa shape index (κ3) is 3.18. The molecule has 1 heterocycles. The Labute approximate surface area is 174 Å². The third-order valence-corrected chi connectivity index (χ3v) is 5.29. The number of Topliss-reactive ketones (excluding diaryl/α,β-unsaturated/α-hetero) is 2. The molecule has 0 radical (unpaired) electrons. The topological polar surface area (TPSA) is 65.4 Å². The van der Waals surface area contributed by atoms with Crippen LogP contribution in [0.1, 0.15) is 54.9 Å². The number of nitrogens with zero attached hydrogens (tertiary/aromatic N) is 1. The summed E-state index contributed by atoms with van der Waals surface area (Å²) in [5, 5.41) is 0. The van der Waals surface area contributed by atoms with Crippen molar-refractivity contribution < 1.29 is 19.1 Å². The number of allylic oxidation sites excluding steroid dienone is 1. The number of ether oxygens (including phenoxy) is 1. The maximum absolute atomic E-state index is 12.7. The highest BCUT2D eigenvalue weighted by Gasteiger charge is 2.32. The van der Waals surface area contributed by atoms with E-state index in [1.165, 1.54) is 0 Å². The van der Waals surface area contributed by atoms with E-state index in [-0.39, 0.29) is 23.1 Å². The first kappa shape index (κ1) is 19.6. The Morgan fingerprint density at radius 1 is 0.967 bits per heavy atom. The van der Waals surface area contributed by atoms with Crippen molar-refractivity contribution in [3.05, 3.63) is 93.8 Å². The molecule has 0 N–H and O–H groups in total. The van der Waals surface area contributed by atoms with Crippen LogP contribution in [0.3, 0.4) is 0 Å². The van der Waals surface area contributed by atoms with E-state index < -0.39 is 0 Å². The van der Waals surface area contributed by atoms with Crippen molar-refractivity contribution >= 4 is 23.6 Å². The summed E-state index contributed by atoms with van der Waals surface area (Å²) in [4.78, 5) is 37.5. The minimum Gasteiger partial charge on any atom is -0.462 e. The fourth-order valence-corrected chi connectivity index (χ4v) is 3.88. The number of benzene rings is 2. The van der Waals surface area contributed by atoms with Gasteiger partial charge in [0.15, 0.2) is 11.6 Å². The molecule has 0 bridgehead atoms. The van der Waals surface area contributed by atoms with Gasteiger partial charge in [0.1, 0.15) is 0 Å². The van der Waals surface area contributed by atoms with Crippen molar-refractivity contribution in [2.45, 2.75) is 20.8 Å². The average Bonchev–Trinajstić information content (AvgIpc) is 3.16. The van der Waals surface area contributed by atoms with Crippen LogP contribution in [0, 0.1) is 13.8 Å². The Hall–Kier alpha value is -3.73. The number of hydrogen-bond acceptors (Lipinski definition) is 4. The van der Waals surface area contributed by atoms with Crippen molar-refractivity contribution in [3.63, 3.8) is 0 Å². The van der Waals surface area contributed by atoms with E-state index in [2.05, 4.69) is 0 Å². The number of hydrogen-bond donors (Lipinski definition) is 0. The lowest BCUT2D eigenvalue weighted by Crippen LogP contribution is -2.06. The molecule has 5 nitrogen and oxygen atoms in total. The van der Waals surface area contributed by atoms with Gasteiger partial charge in [0, 0.05) is 28.2 Å². The highest BCUT2D eigenvalue weighted by Crippen LogP contribution is 2.30. The van der Waals surface area contributed by atoms with Crippen molar-refractivity contribution in [1.82, 2.24) is 4.57 Å². The first-order valence-electron chi connectivity index (χ1n) is 9.79. The Balaban J connectivity index is 1.75. The summed E-state index contributed by atoms with van der Waals surface area (Å²) in [6.07, 6.45) is 1.67. The van der Waals surface area contributed by atoms with E-state index in [1.807, 2.05) is 30.5 Å². The van der Waals surface area contributed by atoms with E-state index in [1.54, 1.807) is 55.5 Å². The Kier molecular flexibility index (Phi) is 4.96. The molecule has 1 aliphatic rings. The first-order valence-corrected chi connectivity index (χ1v) is 9.79. The van der Waals surface area contributed by atoms with Gasteiger partial charge in [-0.3, -0.25) is 9.59 Å².